The molecule has 3 nitrogen and oxygen atoms in total. The van der Waals surface area contributed by atoms with Crippen molar-refractivity contribution >= 4 is 17.6 Å². The maximum Gasteiger partial charge on any atom is 0.303 e. The molecule has 0 aliphatic heterocycles. The summed E-state index contributed by atoms with van der Waals surface area (Å²) in [4.78, 5) is 13.4. The summed E-state index contributed by atoms with van der Waals surface area (Å²) in [6, 6.07) is 0. The molecule has 1 aliphatic carbocycles. The number of carbonyl (C=O) groups is 1. The molecule has 0 saturated carbocycles. The van der Waals surface area contributed by atoms with Gasteiger partial charge in [0.15, 0.2) is 0 Å². The number of carboxylic acid groups (broad SMARTS) is 1. The summed E-state index contributed by atoms with van der Waals surface area (Å²) in [5, 5.41) is 9.33. The van der Waals surface area contributed by atoms with E-state index in [-0.39, 0.29) is 12.3 Å². The number of nitrogens with one attached hydrogen (secondary N) is 1. The molecule has 1 unspecified atom stereocenters. The van der Waals surface area contributed by atoms with Gasteiger partial charge in [0, 0.05) is 6.20 Å². The second kappa shape index (κ2) is 3.07. The summed E-state index contributed by atoms with van der Waals surface area (Å²) in [5.74, 6) is -0.591. The highest BCUT2D eigenvalue weighted by Crippen LogP contribution is 2.38. The molecule has 1 aromatic heterocycles. The molecule has 0 saturated heterocycles. The molecular weight excluding hydrogens is 190 g/mol. The first kappa shape index (κ1) is 8.63. The van der Waals surface area contributed by atoms with Crippen LogP contribution in [0.2, 0.25) is 5.15 Å². The quantitative estimate of drug-likeness (QED) is 0.767. The van der Waals surface area contributed by atoms with Crippen molar-refractivity contribution in [1.29, 1.82) is 0 Å². The Labute approximate surface area is 80.7 Å². The summed E-state index contributed by atoms with van der Waals surface area (Å²) in [6.45, 7) is 0. The van der Waals surface area contributed by atoms with Gasteiger partial charge in [0.25, 0.3) is 0 Å². The lowest BCUT2D eigenvalue weighted by Crippen LogP contribution is -2.02. The number of halogens is 1. The van der Waals surface area contributed by atoms with Crippen molar-refractivity contribution < 1.29 is 9.90 Å². The number of aromatic nitrogens is 1. The van der Waals surface area contributed by atoms with E-state index >= 15 is 0 Å². The van der Waals surface area contributed by atoms with Gasteiger partial charge >= 0.3 is 5.97 Å². The number of H-pyrrole nitrogens is 1. The highest BCUT2D eigenvalue weighted by atomic mass is 35.5. The smallest absolute Gasteiger partial charge is 0.303 e. The van der Waals surface area contributed by atoms with Gasteiger partial charge in [-0.3, -0.25) is 4.79 Å². The number of carboxylic acids is 1. The van der Waals surface area contributed by atoms with Crippen LogP contribution in [0.1, 0.15) is 29.9 Å². The lowest BCUT2D eigenvalue weighted by atomic mass is 10.0. The van der Waals surface area contributed by atoms with Gasteiger partial charge in [-0.2, -0.15) is 0 Å². The predicted octanol–water partition coefficient (Wildman–Crippen LogP) is 2.17. The number of hydrogen-bond acceptors (Lipinski definition) is 1. The van der Waals surface area contributed by atoms with Crippen LogP contribution in [0.15, 0.2) is 6.20 Å². The number of fused-ring (bicyclic) bond motifs is 1. The van der Waals surface area contributed by atoms with Crippen molar-refractivity contribution in [1.82, 2.24) is 4.98 Å². The minimum atomic E-state index is -0.741. The summed E-state index contributed by atoms with van der Waals surface area (Å²) in [5.41, 5.74) is 2.19. The Morgan fingerprint density at radius 2 is 2.54 bits per heavy atom. The third-order valence-corrected chi connectivity index (χ3v) is 2.91. The van der Waals surface area contributed by atoms with Crippen molar-refractivity contribution in [2.24, 2.45) is 0 Å². The SMILES string of the molecule is O=C(O)CC1CCc2c1c[nH]c2Cl. The van der Waals surface area contributed by atoms with Gasteiger partial charge in [-0.15, -0.1) is 0 Å². The van der Waals surface area contributed by atoms with Gasteiger partial charge in [0.05, 0.1) is 6.42 Å². The van der Waals surface area contributed by atoms with Crippen LogP contribution in [0.3, 0.4) is 0 Å². The Hall–Kier alpha value is -0.960. The number of rotatable bonds is 2. The van der Waals surface area contributed by atoms with Gasteiger partial charge in [0.1, 0.15) is 5.15 Å². The molecular formula is C9H10ClNO2. The Morgan fingerprint density at radius 1 is 1.77 bits per heavy atom. The normalized spacial score (nSPS) is 20.2. The first-order valence-electron chi connectivity index (χ1n) is 4.26. The van der Waals surface area contributed by atoms with E-state index in [1.165, 1.54) is 0 Å². The number of hydrogen-bond donors (Lipinski definition) is 2. The van der Waals surface area contributed by atoms with Crippen LogP contribution in [0.5, 0.6) is 0 Å². The predicted molar refractivity (Wildman–Crippen MR) is 49.1 cm³/mol. The molecule has 70 valence electrons. The molecule has 0 spiro atoms. The third-order valence-electron chi connectivity index (χ3n) is 2.57. The van der Waals surface area contributed by atoms with E-state index in [0.29, 0.717) is 5.15 Å². The van der Waals surface area contributed by atoms with Crippen molar-refractivity contribution in [3.63, 3.8) is 0 Å². The average molecular weight is 200 g/mol. The zero-order valence-electron chi connectivity index (χ0n) is 7.01. The van der Waals surface area contributed by atoms with Crippen molar-refractivity contribution in [2.75, 3.05) is 0 Å². The molecule has 1 atom stereocenters. The van der Waals surface area contributed by atoms with Gasteiger partial charge in [-0.1, -0.05) is 11.6 Å². The van der Waals surface area contributed by atoms with E-state index in [1.54, 1.807) is 0 Å². The molecule has 0 amide bonds. The monoisotopic (exact) mass is 199 g/mol. The van der Waals surface area contributed by atoms with E-state index in [1.807, 2.05) is 6.20 Å². The van der Waals surface area contributed by atoms with Crippen molar-refractivity contribution in [2.45, 2.75) is 25.2 Å². The summed E-state index contributed by atoms with van der Waals surface area (Å²) < 4.78 is 0. The number of aromatic amines is 1. The Morgan fingerprint density at radius 3 is 3.23 bits per heavy atom. The highest BCUT2D eigenvalue weighted by Gasteiger charge is 2.27. The van der Waals surface area contributed by atoms with Crippen LogP contribution in [-0.4, -0.2) is 16.1 Å². The Bertz CT molecular complexity index is 345. The van der Waals surface area contributed by atoms with E-state index < -0.39 is 5.97 Å². The molecule has 13 heavy (non-hydrogen) atoms. The fourth-order valence-corrected chi connectivity index (χ4v) is 2.22. The molecule has 2 N–H and O–H groups in total. The minimum absolute atomic E-state index is 0.149. The first-order valence-corrected chi connectivity index (χ1v) is 4.63. The van der Waals surface area contributed by atoms with E-state index in [0.717, 1.165) is 24.0 Å². The molecule has 0 aromatic carbocycles. The third kappa shape index (κ3) is 1.44. The van der Waals surface area contributed by atoms with Crippen LogP contribution in [0.4, 0.5) is 0 Å². The second-order valence-corrected chi connectivity index (χ2v) is 3.75. The first-order chi connectivity index (χ1) is 6.18. The fourth-order valence-electron chi connectivity index (χ4n) is 1.96. The average Bonchev–Trinajstić information content (AvgIpc) is 2.56. The number of aliphatic carboxylic acids is 1. The molecule has 4 heteroatoms. The van der Waals surface area contributed by atoms with Crippen LogP contribution in [0, 0.1) is 0 Å². The van der Waals surface area contributed by atoms with Crippen LogP contribution in [0.25, 0.3) is 0 Å². The van der Waals surface area contributed by atoms with Gasteiger partial charge in [-0.05, 0) is 29.9 Å². The Balaban J connectivity index is 2.23. The second-order valence-electron chi connectivity index (χ2n) is 3.37. The summed E-state index contributed by atoms with van der Waals surface area (Å²) >= 11 is 5.88. The molecule has 1 heterocycles. The summed E-state index contributed by atoms with van der Waals surface area (Å²) in [7, 11) is 0. The molecule has 0 fully saturated rings. The zero-order valence-corrected chi connectivity index (χ0v) is 7.77. The maximum absolute atomic E-state index is 10.5. The van der Waals surface area contributed by atoms with E-state index in [9.17, 15) is 4.79 Å². The zero-order chi connectivity index (χ0) is 9.42. The lowest BCUT2D eigenvalue weighted by Gasteiger charge is -2.04. The van der Waals surface area contributed by atoms with Crippen molar-refractivity contribution in [3.05, 3.63) is 22.5 Å². The maximum atomic E-state index is 10.5. The van der Waals surface area contributed by atoms with Gasteiger partial charge < -0.3 is 10.1 Å². The van der Waals surface area contributed by atoms with Crippen LogP contribution < -0.4 is 0 Å². The topological polar surface area (TPSA) is 53.1 Å². The molecule has 0 bridgehead atoms. The minimum Gasteiger partial charge on any atom is -0.481 e. The molecule has 1 aliphatic rings. The highest BCUT2D eigenvalue weighted by molar-refractivity contribution is 6.30. The van der Waals surface area contributed by atoms with Gasteiger partial charge in [-0.25, -0.2) is 0 Å². The van der Waals surface area contributed by atoms with Crippen molar-refractivity contribution in [3.8, 4) is 0 Å². The van der Waals surface area contributed by atoms with Crippen LogP contribution in [-0.2, 0) is 11.2 Å². The van der Waals surface area contributed by atoms with E-state index in [4.69, 9.17) is 16.7 Å². The van der Waals surface area contributed by atoms with Crippen LogP contribution >= 0.6 is 11.6 Å². The van der Waals surface area contributed by atoms with E-state index in [2.05, 4.69) is 4.98 Å². The molecule has 1 aromatic rings. The van der Waals surface area contributed by atoms with Gasteiger partial charge in [0.2, 0.25) is 0 Å². The fraction of sp³-hybridized carbons (Fsp3) is 0.444. The largest absolute Gasteiger partial charge is 0.481 e. The Kier molecular flexibility index (Phi) is 2.04. The summed E-state index contributed by atoms with van der Waals surface area (Å²) in [6.07, 6.45) is 3.85. The molecule has 0 radical (unpaired) electrons. The molecule has 2 rings (SSSR count). The lowest BCUT2D eigenvalue weighted by molar-refractivity contribution is -0.137. The standard InChI is InChI=1S/C9H10ClNO2/c10-9-6-2-1-5(3-8(12)13)7(6)4-11-9/h4-5,11H,1-3H2,(H,12,13).